The van der Waals surface area contributed by atoms with Crippen LogP contribution in [-0.2, 0) is 19.0 Å². The summed E-state index contributed by atoms with van der Waals surface area (Å²) in [6.07, 6.45) is 0.963. The Morgan fingerprint density at radius 1 is 0.860 bits per heavy atom. The summed E-state index contributed by atoms with van der Waals surface area (Å²) < 4.78 is 33.1. The Labute approximate surface area is 290 Å². The number of carbonyl (C=O) groups is 4. The Bertz CT molecular complexity index is 1800. The summed E-state index contributed by atoms with van der Waals surface area (Å²) in [7, 11) is 0. The Balaban J connectivity index is 1.88. The minimum atomic E-state index is -1.03. The first-order valence-corrected chi connectivity index (χ1v) is 16.3. The van der Waals surface area contributed by atoms with Gasteiger partial charge < -0.3 is 24.6 Å². The van der Waals surface area contributed by atoms with Crippen LogP contribution < -0.4 is 15.5 Å². The van der Waals surface area contributed by atoms with Crippen LogP contribution in [-0.4, -0.2) is 62.7 Å². The summed E-state index contributed by atoms with van der Waals surface area (Å²) in [5.41, 5.74) is -2.73. The second kappa shape index (κ2) is 13.8. The number of aromatic nitrogens is 2. The van der Waals surface area contributed by atoms with Gasteiger partial charge in [0.05, 0.1) is 17.6 Å². The Hall–Kier alpha value is -4.85. The number of amides is 4. The van der Waals surface area contributed by atoms with E-state index in [0.717, 1.165) is 0 Å². The standard InChI is InChI=1S/C36H46FN5O8/c1-18-22(14-38-16-25(18)42(32(46)49-35(6,7)8)33(47)50-36(9,10)11)21-12-20-13-26(40-30(44)27-19(2)24(27)17-43)39-15-23(20)29(28(21)37)41-31(45)48-34(3,4)5/h12-16,19,24,27,43H,17H2,1-11H3,(H,41,45)(H,39,40,44)/t19?,24-,27-/m0/s1. The van der Waals surface area contributed by atoms with Gasteiger partial charge in [-0.05, 0) is 104 Å². The lowest BCUT2D eigenvalue weighted by molar-refractivity contribution is -0.118. The molecule has 0 radical (unpaired) electrons. The van der Waals surface area contributed by atoms with Gasteiger partial charge in [-0.3, -0.25) is 15.1 Å². The highest BCUT2D eigenvalue weighted by molar-refractivity contribution is 6.11. The van der Waals surface area contributed by atoms with E-state index >= 15 is 4.39 Å². The van der Waals surface area contributed by atoms with Crippen molar-refractivity contribution in [1.29, 1.82) is 0 Å². The highest BCUT2D eigenvalue weighted by Gasteiger charge is 2.51. The summed E-state index contributed by atoms with van der Waals surface area (Å²) >= 11 is 0. The molecule has 1 aromatic carbocycles. The number of anilines is 3. The summed E-state index contributed by atoms with van der Waals surface area (Å²) in [5.74, 6) is -1.53. The molecule has 1 saturated carbocycles. The van der Waals surface area contributed by atoms with Gasteiger partial charge in [0, 0.05) is 41.4 Å². The van der Waals surface area contributed by atoms with Crippen LogP contribution in [0.5, 0.6) is 0 Å². The molecule has 1 unspecified atom stereocenters. The first kappa shape index (κ1) is 38.0. The lowest BCUT2D eigenvalue weighted by Gasteiger charge is -2.29. The molecule has 1 aliphatic carbocycles. The Morgan fingerprint density at radius 2 is 1.44 bits per heavy atom. The number of imide groups is 1. The third kappa shape index (κ3) is 8.84. The van der Waals surface area contributed by atoms with Crippen molar-refractivity contribution in [2.75, 3.05) is 22.1 Å². The molecule has 4 rings (SSSR count). The zero-order valence-corrected chi connectivity index (χ0v) is 30.4. The van der Waals surface area contributed by atoms with Gasteiger partial charge >= 0.3 is 18.3 Å². The topological polar surface area (TPSA) is 169 Å². The summed E-state index contributed by atoms with van der Waals surface area (Å²) in [6.45, 7) is 18.2. The number of rotatable bonds is 6. The van der Waals surface area contributed by atoms with Gasteiger partial charge in [-0.1, -0.05) is 6.92 Å². The number of aliphatic hydroxyl groups is 1. The van der Waals surface area contributed by atoms with Crippen molar-refractivity contribution in [2.45, 2.75) is 93.0 Å². The first-order chi connectivity index (χ1) is 23.0. The highest BCUT2D eigenvalue weighted by Crippen LogP contribution is 2.46. The summed E-state index contributed by atoms with van der Waals surface area (Å²) in [5, 5.41) is 15.4. The van der Waals surface area contributed by atoms with Crippen molar-refractivity contribution < 1.29 is 42.9 Å². The third-order valence-electron chi connectivity index (χ3n) is 7.79. The maximum Gasteiger partial charge on any atom is 0.424 e. The van der Waals surface area contributed by atoms with Gasteiger partial charge in [-0.15, -0.1) is 0 Å². The van der Waals surface area contributed by atoms with Gasteiger partial charge in [0.15, 0.2) is 5.82 Å². The third-order valence-corrected chi connectivity index (χ3v) is 7.79. The molecule has 4 amide bonds. The van der Waals surface area contributed by atoms with Crippen LogP contribution >= 0.6 is 0 Å². The van der Waals surface area contributed by atoms with Crippen LogP contribution in [0.15, 0.2) is 30.7 Å². The fourth-order valence-corrected chi connectivity index (χ4v) is 5.43. The number of hydrogen-bond acceptors (Lipinski definition) is 10. The average molecular weight is 696 g/mol. The Kier molecular flexibility index (Phi) is 10.5. The molecule has 3 atom stereocenters. The Morgan fingerprint density at radius 3 is 1.96 bits per heavy atom. The predicted octanol–water partition coefficient (Wildman–Crippen LogP) is 7.58. The number of halogens is 1. The number of benzene rings is 1. The second-order valence-corrected chi connectivity index (χ2v) is 15.4. The van der Waals surface area contributed by atoms with Gasteiger partial charge in [0.2, 0.25) is 5.91 Å². The largest absolute Gasteiger partial charge is 0.444 e. The minimum absolute atomic E-state index is 0.00876. The minimum Gasteiger partial charge on any atom is -0.444 e. The molecule has 0 saturated heterocycles. The van der Waals surface area contributed by atoms with Crippen molar-refractivity contribution in [3.8, 4) is 11.1 Å². The molecule has 1 aliphatic rings. The molecule has 50 heavy (non-hydrogen) atoms. The van der Waals surface area contributed by atoms with E-state index in [1.807, 2.05) is 6.92 Å². The van der Waals surface area contributed by atoms with Crippen molar-refractivity contribution in [3.05, 3.63) is 42.1 Å². The van der Waals surface area contributed by atoms with Crippen LogP contribution in [0.3, 0.4) is 0 Å². The highest BCUT2D eigenvalue weighted by atomic mass is 19.1. The molecule has 13 nitrogen and oxygen atoms in total. The van der Waals surface area contributed by atoms with Gasteiger partial charge in [-0.25, -0.2) is 23.8 Å². The van der Waals surface area contributed by atoms with Gasteiger partial charge in [0.25, 0.3) is 0 Å². The maximum absolute atomic E-state index is 16.7. The number of ether oxygens (including phenoxy) is 3. The predicted molar refractivity (Wildman–Crippen MR) is 186 cm³/mol. The normalized spacial score (nSPS) is 17.5. The number of nitrogens with zero attached hydrogens (tertiary/aromatic N) is 3. The van der Waals surface area contributed by atoms with Crippen LogP contribution in [0.1, 0.15) is 74.8 Å². The smallest absolute Gasteiger partial charge is 0.424 e. The van der Waals surface area contributed by atoms with Crippen LogP contribution in [0.25, 0.3) is 21.9 Å². The molecule has 0 bridgehead atoms. The number of nitrogens with one attached hydrogen (secondary N) is 2. The van der Waals surface area contributed by atoms with Crippen LogP contribution in [0.2, 0.25) is 0 Å². The van der Waals surface area contributed by atoms with E-state index in [1.54, 1.807) is 69.2 Å². The molecule has 3 aromatic rings. The molecule has 270 valence electrons. The molecule has 1 fully saturated rings. The van der Waals surface area contributed by atoms with E-state index in [9.17, 15) is 24.3 Å². The average Bonchev–Trinajstić information content (AvgIpc) is 3.62. The monoisotopic (exact) mass is 695 g/mol. The molecule has 3 N–H and O–H groups in total. The van der Waals surface area contributed by atoms with Crippen molar-refractivity contribution in [1.82, 2.24) is 9.97 Å². The first-order valence-electron chi connectivity index (χ1n) is 16.3. The SMILES string of the molecule is Cc1c(-c2cc3cc(NC(=O)[C@H]4C(C)[C@@H]4CO)ncc3c(NC(=O)OC(C)(C)C)c2F)cncc1N(C(=O)OC(C)(C)C)C(=O)OC(C)(C)C. The van der Waals surface area contributed by atoms with Crippen molar-refractivity contribution in [2.24, 2.45) is 17.8 Å². The van der Waals surface area contributed by atoms with Crippen molar-refractivity contribution >= 4 is 52.2 Å². The summed E-state index contributed by atoms with van der Waals surface area (Å²) in [4.78, 5) is 62.0. The summed E-state index contributed by atoms with van der Waals surface area (Å²) in [6, 6.07) is 3.01. The lowest BCUT2D eigenvalue weighted by atomic mass is 9.97. The van der Waals surface area contributed by atoms with Crippen LogP contribution in [0.4, 0.5) is 36.0 Å². The van der Waals surface area contributed by atoms with E-state index < -0.39 is 40.9 Å². The molecule has 2 heterocycles. The zero-order chi connectivity index (χ0) is 37.5. The fourth-order valence-electron chi connectivity index (χ4n) is 5.43. The number of fused-ring (bicyclic) bond motifs is 1. The lowest BCUT2D eigenvalue weighted by Crippen LogP contribution is -2.44. The van der Waals surface area contributed by atoms with Gasteiger partial charge in [0.1, 0.15) is 22.6 Å². The van der Waals surface area contributed by atoms with Crippen molar-refractivity contribution in [3.63, 3.8) is 0 Å². The fraction of sp³-hybridized carbons (Fsp3) is 0.500. The van der Waals surface area contributed by atoms with Gasteiger partial charge in [-0.2, -0.15) is 4.90 Å². The number of aliphatic hydroxyl groups excluding tert-OH is 1. The number of pyridine rings is 2. The molecular formula is C36H46FN5O8. The number of hydrogen-bond donors (Lipinski definition) is 3. The van der Waals surface area contributed by atoms with E-state index in [-0.39, 0.29) is 69.5 Å². The quantitative estimate of drug-likeness (QED) is 0.219. The second-order valence-electron chi connectivity index (χ2n) is 15.4. The number of carbonyl (C=O) groups excluding carboxylic acids is 4. The van der Waals surface area contributed by atoms with E-state index in [0.29, 0.717) is 10.3 Å². The molecule has 2 aromatic heterocycles. The zero-order valence-electron chi connectivity index (χ0n) is 30.4. The van der Waals surface area contributed by atoms with Crippen LogP contribution in [0, 0.1) is 30.5 Å². The molecule has 0 spiro atoms. The molecule has 14 heteroatoms. The molecular weight excluding hydrogens is 649 g/mol. The van der Waals surface area contributed by atoms with E-state index in [4.69, 9.17) is 14.2 Å². The maximum atomic E-state index is 16.7. The van der Waals surface area contributed by atoms with E-state index in [1.165, 1.54) is 30.7 Å². The van der Waals surface area contributed by atoms with E-state index in [2.05, 4.69) is 20.6 Å². The molecule has 0 aliphatic heterocycles.